The van der Waals surface area contributed by atoms with Crippen molar-refractivity contribution in [3.8, 4) is 33.4 Å². The van der Waals surface area contributed by atoms with Gasteiger partial charge in [0.1, 0.15) is 0 Å². The van der Waals surface area contributed by atoms with Crippen LogP contribution in [0.5, 0.6) is 0 Å². The molecule has 0 N–H and O–H groups in total. The van der Waals surface area contributed by atoms with E-state index in [2.05, 4.69) is 217 Å². The topological polar surface area (TPSA) is 3.24 Å². The summed E-state index contributed by atoms with van der Waals surface area (Å²) in [6, 6.07) is 78.1. The number of benzene rings is 9. The van der Waals surface area contributed by atoms with Crippen molar-refractivity contribution in [2.24, 2.45) is 0 Å². The summed E-state index contributed by atoms with van der Waals surface area (Å²) >= 11 is 1.90. The van der Waals surface area contributed by atoms with Crippen LogP contribution in [-0.2, 0) is 5.41 Å². The lowest BCUT2D eigenvalue weighted by atomic mass is 9.66. The number of nitrogens with zero attached hydrogens (tertiary/aromatic N) is 1. The minimum absolute atomic E-state index is 0.448. The van der Waals surface area contributed by atoms with Crippen LogP contribution in [0.3, 0.4) is 0 Å². The Kier molecular flexibility index (Phi) is 7.40. The predicted octanol–water partition coefficient (Wildman–Crippen LogP) is 14.5. The molecule has 0 fully saturated rings. The third-order valence-corrected chi connectivity index (χ3v) is 12.7. The second-order valence-corrected chi connectivity index (χ2v) is 15.5. The van der Waals surface area contributed by atoms with Crippen LogP contribution in [0.4, 0.5) is 17.1 Å². The summed E-state index contributed by atoms with van der Waals surface area (Å²) in [5.41, 5.74) is 15.8. The minimum Gasteiger partial charge on any atom is -0.311 e. The van der Waals surface area contributed by atoms with Gasteiger partial charge in [-0.05, 0) is 121 Å². The SMILES string of the molecule is c1ccc(-c2ccc(N(c3ccccc3)c3ccc(-c4ccc5c(c4)C4(c6ccccc6Sc6ccc7ccccc7c64)c4ccccc4-5)cc3)cc2)cc1. The molecule has 11 rings (SSSR count). The Morgan fingerprint density at radius 3 is 1.65 bits per heavy atom. The monoisotopic (exact) mass is 717 g/mol. The van der Waals surface area contributed by atoms with Crippen molar-refractivity contribution in [1.29, 1.82) is 0 Å². The molecule has 2 heteroatoms. The molecule has 0 bridgehead atoms. The molecule has 55 heavy (non-hydrogen) atoms. The summed E-state index contributed by atoms with van der Waals surface area (Å²) in [4.78, 5) is 4.99. The quantitative estimate of drug-likeness (QED) is 0.174. The van der Waals surface area contributed by atoms with Gasteiger partial charge in [0.25, 0.3) is 0 Å². The van der Waals surface area contributed by atoms with Gasteiger partial charge in [-0.2, -0.15) is 0 Å². The highest BCUT2D eigenvalue weighted by atomic mass is 32.2. The molecule has 1 spiro atoms. The number of hydrogen-bond acceptors (Lipinski definition) is 2. The largest absolute Gasteiger partial charge is 0.311 e. The van der Waals surface area contributed by atoms with Crippen molar-refractivity contribution in [2.75, 3.05) is 4.90 Å². The van der Waals surface area contributed by atoms with E-state index in [1.165, 1.54) is 76.2 Å². The number of hydrogen-bond donors (Lipinski definition) is 0. The van der Waals surface area contributed by atoms with E-state index in [1.54, 1.807) is 0 Å². The molecule has 1 aliphatic heterocycles. The Bertz CT molecular complexity index is 2880. The van der Waals surface area contributed by atoms with Crippen LogP contribution in [0.2, 0.25) is 0 Å². The van der Waals surface area contributed by atoms with Gasteiger partial charge in [0, 0.05) is 26.9 Å². The van der Waals surface area contributed by atoms with Crippen molar-refractivity contribution in [3.63, 3.8) is 0 Å². The fraction of sp³-hybridized carbons (Fsp3) is 0.0189. The van der Waals surface area contributed by atoms with E-state index in [-0.39, 0.29) is 0 Å². The van der Waals surface area contributed by atoms with Crippen LogP contribution in [0.25, 0.3) is 44.2 Å². The van der Waals surface area contributed by atoms with Crippen LogP contribution in [-0.4, -0.2) is 0 Å². The van der Waals surface area contributed by atoms with Crippen molar-refractivity contribution >= 4 is 39.6 Å². The minimum atomic E-state index is -0.448. The average molecular weight is 718 g/mol. The second-order valence-electron chi connectivity index (χ2n) is 14.4. The molecular formula is C53H35NS. The first-order valence-corrected chi connectivity index (χ1v) is 19.7. The van der Waals surface area contributed by atoms with Crippen LogP contribution in [0.15, 0.2) is 222 Å². The van der Waals surface area contributed by atoms with E-state index in [9.17, 15) is 0 Å². The molecule has 2 aliphatic rings. The zero-order chi connectivity index (χ0) is 36.3. The standard InChI is InChI=1S/C53H35NS/c1-3-13-36(14-4-1)37-23-29-42(30-24-37)54(41-16-5-2-6-17-41)43-31-25-38(26-32-43)40-27-33-46-45-19-9-10-20-47(45)53(49(46)35-40)48-21-11-12-22-50(48)55-51-34-28-39-15-7-8-18-44(39)52(51)53/h1-35H. The number of anilines is 3. The van der Waals surface area contributed by atoms with E-state index in [0.29, 0.717) is 0 Å². The summed E-state index contributed by atoms with van der Waals surface area (Å²) in [6.45, 7) is 0. The van der Waals surface area contributed by atoms with Crippen molar-refractivity contribution < 1.29 is 0 Å². The molecule has 9 aromatic carbocycles. The first-order chi connectivity index (χ1) is 27.3. The fourth-order valence-electron chi connectivity index (χ4n) is 9.12. The normalized spacial score (nSPS) is 14.9. The van der Waals surface area contributed by atoms with Gasteiger partial charge >= 0.3 is 0 Å². The molecule has 1 unspecified atom stereocenters. The average Bonchev–Trinajstić information content (AvgIpc) is 3.54. The summed E-state index contributed by atoms with van der Waals surface area (Å²) in [7, 11) is 0. The first-order valence-electron chi connectivity index (χ1n) is 18.9. The Hall–Kier alpha value is -6.61. The molecule has 0 radical (unpaired) electrons. The van der Waals surface area contributed by atoms with Crippen molar-refractivity contribution in [1.82, 2.24) is 0 Å². The third-order valence-electron chi connectivity index (χ3n) is 11.5. The molecule has 0 aromatic heterocycles. The zero-order valence-electron chi connectivity index (χ0n) is 30.1. The zero-order valence-corrected chi connectivity index (χ0v) is 30.9. The van der Waals surface area contributed by atoms with Crippen molar-refractivity contribution in [2.45, 2.75) is 15.2 Å². The predicted molar refractivity (Wildman–Crippen MR) is 231 cm³/mol. The van der Waals surface area contributed by atoms with Crippen molar-refractivity contribution in [3.05, 3.63) is 235 Å². The van der Waals surface area contributed by atoms with Gasteiger partial charge in [0.05, 0.1) is 5.41 Å². The van der Waals surface area contributed by atoms with E-state index in [0.717, 1.165) is 17.1 Å². The molecule has 1 atom stereocenters. The van der Waals surface area contributed by atoms with Crippen LogP contribution >= 0.6 is 11.8 Å². The molecule has 1 nitrogen and oxygen atoms in total. The Labute approximate surface area is 326 Å². The number of fused-ring (bicyclic) bond motifs is 11. The lowest BCUT2D eigenvalue weighted by Gasteiger charge is -2.40. The molecule has 0 saturated heterocycles. The van der Waals surface area contributed by atoms with Gasteiger partial charge < -0.3 is 4.90 Å². The summed E-state index contributed by atoms with van der Waals surface area (Å²) in [5, 5.41) is 2.59. The molecule has 1 aliphatic carbocycles. The molecule has 258 valence electrons. The molecule has 0 saturated carbocycles. The summed E-state index contributed by atoms with van der Waals surface area (Å²) in [5.74, 6) is 0. The van der Waals surface area contributed by atoms with E-state index in [1.807, 2.05) is 11.8 Å². The van der Waals surface area contributed by atoms with Gasteiger partial charge in [-0.25, -0.2) is 0 Å². The highest BCUT2D eigenvalue weighted by Gasteiger charge is 2.51. The Morgan fingerprint density at radius 1 is 0.345 bits per heavy atom. The lowest BCUT2D eigenvalue weighted by molar-refractivity contribution is 0.731. The molecule has 1 heterocycles. The third kappa shape index (κ3) is 4.95. The maximum Gasteiger partial charge on any atom is 0.0741 e. The van der Waals surface area contributed by atoms with Crippen LogP contribution in [0.1, 0.15) is 22.3 Å². The smallest absolute Gasteiger partial charge is 0.0741 e. The Balaban J connectivity index is 1.06. The second kappa shape index (κ2) is 12.8. The van der Waals surface area contributed by atoms with Crippen LogP contribution < -0.4 is 4.90 Å². The van der Waals surface area contributed by atoms with Gasteiger partial charge in [0.15, 0.2) is 0 Å². The maximum absolute atomic E-state index is 2.49. The number of para-hydroxylation sites is 1. The van der Waals surface area contributed by atoms with E-state index >= 15 is 0 Å². The highest BCUT2D eigenvalue weighted by molar-refractivity contribution is 7.99. The van der Waals surface area contributed by atoms with Gasteiger partial charge in [-0.15, -0.1) is 0 Å². The fourth-order valence-corrected chi connectivity index (χ4v) is 10.3. The van der Waals surface area contributed by atoms with E-state index < -0.39 is 5.41 Å². The molecule has 9 aromatic rings. The van der Waals surface area contributed by atoms with Gasteiger partial charge in [0.2, 0.25) is 0 Å². The van der Waals surface area contributed by atoms with E-state index in [4.69, 9.17) is 0 Å². The Morgan fingerprint density at radius 2 is 0.891 bits per heavy atom. The highest BCUT2D eigenvalue weighted by Crippen LogP contribution is 2.63. The van der Waals surface area contributed by atoms with Gasteiger partial charge in [-0.1, -0.05) is 169 Å². The molecular weight excluding hydrogens is 683 g/mol. The van der Waals surface area contributed by atoms with Gasteiger partial charge in [-0.3, -0.25) is 0 Å². The summed E-state index contributed by atoms with van der Waals surface area (Å²) in [6.07, 6.45) is 0. The molecule has 0 amide bonds. The number of rotatable bonds is 5. The first kappa shape index (κ1) is 31.9. The lowest BCUT2D eigenvalue weighted by Crippen LogP contribution is -2.32. The van der Waals surface area contributed by atoms with Crippen LogP contribution in [0, 0.1) is 0 Å². The summed E-state index contributed by atoms with van der Waals surface area (Å²) < 4.78 is 0. The maximum atomic E-state index is 2.49.